The summed E-state index contributed by atoms with van der Waals surface area (Å²) in [4.78, 5) is 7.12. The van der Waals surface area contributed by atoms with Crippen LogP contribution in [0.2, 0.25) is 0 Å². The quantitative estimate of drug-likeness (QED) is 0.708. The van der Waals surface area contributed by atoms with E-state index in [1.54, 1.807) is 11.3 Å². The predicted octanol–water partition coefficient (Wildman–Crippen LogP) is 2.39. The first-order valence-corrected chi connectivity index (χ1v) is 9.54. The fourth-order valence-corrected chi connectivity index (χ4v) is 4.37. The summed E-state index contributed by atoms with van der Waals surface area (Å²) >= 11 is 1.67. The van der Waals surface area contributed by atoms with E-state index in [4.69, 9.17) is 9.72 Å². The van der Waals surface area contributed by atoms with Gasteiger partial charge in [0.1, 0.15) is 11.5 Å². The Hall–Kier alpha value is -2.25. The van der Waals surface area contributed by atoms with E-state index in [0.29, 0.717) is 0 Å². The summed E-state index contributed by atoms with van der Waals surface area (Å²) in [6, 6.07) is 8.64. The van der Waals surface area contributed by atoms with Gasteiger partial charge in [-0.3, -0.25) is 0 Å². The van der Waals surface area contributed by atoms with E-state index in [1.807, 2.05) is 0 Å². The molecule has 0 bridgehead atoms. The van der Waals surface area contributed by atoms with Crippen LogP contribution in [-0.2, 0) is 24.1 Å². The first kappa shape index (κ1) is 15.0. The van der Waals surface area contributed by atoms with Crippen LogP contribution in [0.15, 0.2) is 29.6 Å². The molecule has 6 nitrogen and oxygen atoms in total. The zero-order valence-corrected chi connectivity index (χ0v) is 14.7. The van der Waals surface area contributed by atoms with Crippen molar-refractivity contribution in [1.29, 1.82) is 0 Å². The standard InChI is InChI=1S/C18H19N5OS/c1-2-4-14-11-23-16(6-5-13(14)3-1)20-21-17(23)15-12-25-18(19-15)22-7-9-24-10-8-22/h1-4,12H,5-11H2. The second-order valence-electron chi connectivity index (χ2n) is 6.41. The Morgan fingerprint density at radius 1 is 1.00 bits per heavy atom. The molecule has 0 atom stereocenters. The second kappa shape index (κ2) is 6.24. The third-order valence-electron chi connectivity index (χ3n) is 4.89. The number of hydrogen-bond donors (Lipinski definition) is 0. The van der Waals surface area contributed by atoms with Crippen LogP contribution in [0.3, 0.4) is 0 Å². The molecule has 2 aliphatic rings. The SMILES string of the molecule is c1ccc2c(c1)CCc1nnc(-c3csc(N4CCOCC4)n3)n1C2. The van der Waals surface area contributed by atoms with Gasteiger partial charge in [0.25, 0.3) is 0 Å². The molecule has 1 fully saturated rings. The lowest BCUT2D eigenvalue weighted by Gasteiger charge is -2.25. The molecule has 0 spiro atoms. The zero-order valence-electron chi connectivity index (χ0n) is 13.9. The van der Waals surface area contributed by atoms with Crippen LogP contribution < -0.4 is 4.90 Å². The van der Waals surface area contributed by atoms with Crippen LogP contribution in [0.4, 0.5) is 5.13 Å². The molecule has 0 saturated carbocycles. The van der Waals surface area contributed by atoms with E-state index in [9.17, 15) is 0 Å². The average Bonchev–Trinajstić information content (AvgIpc) is 3.25. The fraction of sp³-hybridized carbons (Fsp3) is 0.389. The van der Waals surface area contributed by atoms with Gasteiger partial charge in [0, 0.05) is 24.9 Å². The number of fused-ring (bicyclic) bond motifs is 2. The number of hydrogen-bond acceptors (Lipinski definition) is 6. The molecule has 4 heterocycles. The normalized spacial score (nSPS) is 17.0. The highest BCUT2D eigenvalue weighted by atomic mass is 32.1. The first-order chi connectivity index (χ1) is 12.4. The van der Waals surface area contributed by atoms with Crippen molar-refractivity contribution >= 4 is 16.5 Å². The van der Waals surface area contributed by atoms with Gasteiger partial charge in [0.05, 0.1) is 19.8 Å². The molecule has 0 unspecified atom stereocenters. The Kier molecular flexibility index (Phi) is 3.75. The van der Waals surface area contributed by atoms with E-state index in [2.05, 4.69) is 49.3 Å². The molecule has 1 saturated heterocycles. The van der Waals surface area contributed by atoms with Gasteiger partial charge < -0.3 is 14.2 Å². The van der Waals surface area contributed by atoms with Gasteiger partial charge in [-0.25, -0.2) is 4.98 Å². The molecule has 5 rings (SSSR count). The molecule has 0 N–H and O–H groups in total. The first-order valence-electron chi connectivity index (χ1n) is 8.66. The number of nitrogens with zero attached hydrogens (tertiary/aromatic N) is 5. The lowest BCUT2D eigenvalue weighted by molar-refractivity contribution is 0.122. The zero-order chi connectivity index (χ0) is 16.6. The number of ether oxygens (including phenoxy) is 1. The average molecular weight is 353 g/mol. The monoisotopic (exact) mass is 353 g/mol. The minimum absolute atomic E-state index is 0.770. The van der Waals surface area contributed by atoms with E-state index < -0.39 is 0 Å². The molecular formula is C18H19N5OS. The maximum absolute atomic E-state index is 5.43. The number of aryl methyl sites for hydroxylation is 2. The molecule has 7 heteroatoms. The number of aromatic nitrogens is 4. The Morgan fingerprint density at radius 2 is 1.84 bits per heavy atom. The van der Waals surface area contributed by atoms with Crippen LogP contribution in [0.5, 0.6) is 0 Å². The van der Waals surface area contributed by atoms with Crippen LogP contribution >= 0.6 is 11.3 Å². The van der Waals surface area contributed by atoms with Gasteiger partial charge in [-0.05, 0) is 17.5 Å². The number of benzene rings is 1. The van der Waals surface area contributed by atoms with Gasteiger partial charge in [-0.15, -0.1) is 21.5 Å². The Balaban J connectivity index is 1.49. The van der Waals surface area contributed by atoms with Crippen LogP contribution in [0, 0.1) is 0 Å². The summed E-state index contributed by atoms with van der Waals surface area (Å²) < 4.78 is 7.66. The summed E-state index contributed by atoms with van der Waals surface area (Å²) in [5, 5.41) is 12.0. The van der Waals surface area contributed by atoms with Crippen LogP contribution in [0.1, 0.15) is 17.0 Å². The largest absolute Gasteiger partial charge is 0.378 e. The highest BCUT2D eigenvalue weighted by Gasteiger charge is 2.22. The van der Waals surface area contributed by atoms with Gasteiger partial charge in [-0.2, -0.15) is 0 Å². The molecule has 128 valence electrons. The Morgan fingerprint density at radius 3 is 2.72 bits per heavy atom. The van der Waals surface area contributed by atoms with Crippen molar-refractivity contribution in [2.45, 2.75) is 19.4 Å². The molecule has 25 heavy (non-hydrogen) atoms. The molecule has 0 amide bonds. The van der Waals surface area contributed by atoms with Crippen molar-refractivity contribution < 1.29 is 4.74 Å². The van der Waals surface area contributed by atoms with E-state index >= 15 is 0 Å². The van der Waals surface area contributed by atoms with Crippen molar-refractivity contribution in [3.05, 3.63) is 46.6 Å². The third-order valence-corrected chi connectivity index (χ3v) is 5.80. The number of thiazole rings is 1. The van der Waals surface area contributed by atoms with E-state index in [-0.39, 0.29) is 0 Å². The van der Waals surface area contributed by atoms with Gasteiger partial charge in [-0.1, -0.05) is 24.3 Å². The summed E-state index contributed by atoms with van der Waals surface area (Å²) in [7, 11) is 0. The topological polar surface area (TPSA) is 56.1 Å². The summed E-state index contributed by atoms with van der Waals surface area (Å²) in [6.45, 7) is 4.16. The van der Waals surface area contributed by atoms with Crippen molar-refractivity contribution in [2.24, 2.45) is 0 Å². The van der Waals surface area contributed by atoms with Gasteiger partial charge in [0.15, 0.2) is 11.0 Å². The second-order valence-corrected chi connectivity index (χ2v) is 7.25. The van der Waals surface area contributed by atoms with E-state index in [1.165, 1.54) is 11.1 Å². The molecule has 2 aromatic heterocycles. The maximum Gasteiger partial charge on any atom is 0.186 e. The minimum Gasteiger partial charge on any atom is -0.378 e. The van der Waals surface area contributed by atoms with Crippen LogP contribution in [0.25, 0.3) is 11.5 Å². The minimum atomic E-state index is 0.770. The maximum atomic E-state index is 5.43. The Bertz CT molecular complexity index is 897. The molecule has 0 aliphatic carbocycles. The molecule has 3 aromatic rings. The van der Waals surface area contributed by atoms with Crippen LogP contribution in [-0.4, -0.2) is 46.1 Å². The molecule has 2 aliphatic heterocycles. The predicted molar refractivity (Wildman–Crippen MR) is 97.1 cm³/mol. The Labute approximate surface area is 150 Å². The van der Waals surface area contributed by atoms with Gasteiger partial charge in [0.2, 0.25) is 0 Å². The number of rotatable bonds is 2. The molecular weight excluding hydrogens is 334 g/mol. The smallest absolute Gasteiger partial charge is 0.186 e. The van der Waals surface area contributed by atoms with Gasteiger partial charge >= 0.3 is 0 Å². The molecule has 1 aromatic carbocycles. The summed E-state index contributed by atoms with van der Waals surface area (Å²) in [5.41, 5.74) is 3.68. The van der Waals surface area contributed by atoms with E-state index in [0.717, 1.165) is 68.2 Å². The fourth-order valence-electron chi connectivity index (χ4n) is 3.52. The summed E-state index contributed by atoms with van der Waals surface area (Å²) in [6.07, 6.45) is 1.94. The van der Waals surface area contributed by atoms with Crippen molar-refractivity contribution in [3.8, 4) is 11.5 Å². The number of morpholine rings is 1. The highest BCUT2D eigenvalue weighted by Crippen LogP contribution is 2.29. The van der Waals surface area contributed by atoms with Crippen molar-refractivity contribution in [2.75, 3.05) is 31.2 Å². The lowest BCUT2D eigenvalue weighted by atomic mass is 10.0. The summed E-state index contributed by atoms with van der Waals surface area (Å²) in [5.74, 6) is 1.93. The number of anilines is 1. The highest BCUT2D eigenvalue weighted by molar-refractivity contribution is 7.14. The van der Waals surface area contributed by atoms with Crippen molar-refractivity contribution in [1.82, 2.24) is 19.7 Å². The molecule has 0 radical (unpaired) electrons. The van der Waals surface area contributed by atoms with Crippen molar-refractivity contribution in [3.63, 3.8) is 0 Å². The lowest BCUT2D eigenvalue weighted by Crippen LogP contribution is -2.36. The third kappa shape index (κ3) is 2.73.